The van der Waals surface area contributed by atoms with Crippen LogP contribution in [0.5, 0.6) is 0 Å². The fourth-order valence-electron chi connectivity index (χ4n) is 1.05. The highest BCUT2D eigenvalue weighted by molar-refractivity contribution is 9.10. The Bertz CT molecular complexity index is 529. The SMILES string of the molecule is Nc1ccc(S(=O)(=O)Cl)c(Br)c1C(F)(F)F. The number of nitrogen functional groups attached to an aromatic ring is 1. The molecule has 1 aromatic rings. The summed E-state index contributed by atoms with van der Waals surface area (Å²) < 4.78 is 58.8. The van der Waals surface area contributed by atoms with Gasteiger partial charge in [0, 0.05) is 16.4 Å². The van der Waals surface area contributed by atoms with Gasteiger partial charge in [-0.05, 0) is 28.1 Å². The van der Waals surface area contributed by atoms with Crippen molar-refractivity contribution >= 4 is 41.4 Å². The molecule has 0 aromatic heterocycles. The standard InChI is InChI=1S/C7H4BrClF3NO2S/c8-6-4(16(9,14)15)2-1-3(13)5(6)7(10,11)12/h1-2H,13H2. The molecule has 1 aromatic carbocycles. The summed E-state index contributed by atoms with van der Waals surface area (Å²) in [4.78, 5) is -0.671. The largest absolute Gasteiger partial charge is 0.419 e. The smallest absolute Gasteiger partial charge is 0.398 e. The second-order valence-corrected chi connectivity index (χ2v) is 6.10. The van der Waals surface area contributed by atoms with E-state index in [0.29, 0.717) is 0 Å². The van der Waals surface area contributed by atoms with E-state index in [-0.39, 0.29) is 0 Å². The van der Waals surface area contributed by atoms with Crippen LogP contribution in [0.3, 0.4) is 0 Å². The molecule has 2 N–H and O–H groups in total. The average molecular weight is 339 g/mol. The summed E-state index contributed by atoms with van der Waals surface area (Å²) in [5.41, 5.74) is 3.30. The molecule has 0 fully saturated rings. The number of alkyl halides is 3. The fraction of sp³-hybridized carbons (Fsp3) is 0.143. The van der Waals surface area contributed by atoms with Gasteiger partial charge in [0.1, 0.15) is 0 Å². The number of anilines is 1. The molecule has 0 unspecified atom stereocenters. The van der Waals surface area contributed by atoms with E-state index in [1.54, 1.807) is 0 Å². The third-order valence-electron chi connectivity index (χ3n) is 1.68. The van der Waals surface area contributed by atoms with E-state index in [4.69, 9.17) is 16.4 Å². The monoisotopic (exact) mass is 337 g/mol. The lowest BCUT2D eigenvalue weighted by atomic mass is 10.2. The second kappa shape index (κ2) is 4.08. The molecular formula is C7H4BrClF3NO2S. The zero-order chi connectivity index (χ0) is 12.7. The highest BCUT2D eigenvalue weighted by Gasteiger charge is 2.37. The molecule has 0 aliphatic rings. The van der Waals surface area contributed by atoms with Crippen LogP contribution in [0.1, 0.15) is 5.56 Å². The lowest BCUT2D eigenvalue weighted by Gasteiger charge is -2.13. The maximum absolute atomic E-state index is 12.5. The first kappa shape index (κ1) is 13.6. The number of nitrogens with two attached hydrogens (primary N) is 1. The second-order valence-electron chi connectivity index (χ2n) is 2.78. The summed E-state index contributed by atoms with van der Waals surface area (Å²) in [5, 5.41) is 0. The summed E-state index contributed by atoms with van der Waals surface area (Å²) in [7, 11) is 0.709. The van der Waals surface area contributed by atoms with Gasteiger partial charge >= 0.3 is 6.18 Å². The van der Waals surface area contributed by atoms with Crippen LogP contribution in [0.25, 0.3) is 0 Å². The maximum Gasteiger partial charge on any atom is 0.419 e. The van der Waals surface area contributed by atoms with Gasteiger partial charge in [-0.2, -0.15) is 13.2 Å². The number of hydrogen-bond donors (Lipinski definition) is 1. The maximum atomic E-state index is 12.5. The van der Waals surface area contributed by atoms with E-state index in [0.717, 1.165) is 12.1 Å². The molecule has 0 saturated heterocycles. The average Bonchev–Trinajstić information content (AvgIpc) is 1.97. The van der Waals surface area contributed by atoms with Crippen LogP contribution in [0.2, 0.25) is 0 Å². The third kappa shape index (κ3) is 2.61. The molecule has 1 rings (SSSR count). The fourth-order valence-corrected chi connectivity index (χ4v) is 3.49. The van der Waals surface area contributed by atoms with Crippen molar-refractivity contribution in [3.8, 4) is 0 Å². The molecule has 0 bridgehead atoms. The molecule has 0 spiro atoms. The zero-order valence-electron chi connectivity index (χ0n) is 7.35. The molecule has 9 heteroatoms. The Kier molecular flexibility index (Phi) is 3.47. The van der Waals surface area contributed by atoms with Crippen LogP contribution in [0.4, 0.5) is 18.9 Å². The zero-order valence-corrected chi connectivity index (χ0v) is 10.5. The molecule has 0 saturated carbocycles. The van der Waals surface area contributed by atoms with Crippen molar-refractivity contribution in [3.05, 3.63) is 22.2 Å². The number of hydrogen-bond acceptors (Lipinski definition) is 3. The first-order valence-corrected chi connectivity index (χ1v) is 6.75. The van der Waals surface area contributed by atoms with Crippen molar-refractivity contribution in [2.24, 2.45) is 0 Å². The van der Waals surface area contributed by atoms with Gasteiger partial charge in [-0.1, -0.05) is 0 Å². The normalized spacial score (nSPS) is 12.8. The molecule has 90 valence electrons. The molecule has 0 heterocycles. The molecule has 0 atom stereocenters. The molecule has 0 amide bonds. The van der Waals surface area contributed by atoms with Crippen LogP contribution < -0.4 is 5.73 Å². The van der Waals surface area contributed by atoms with E-state index in [2.05, 4.69) is 15.9 Å². The van der Waals surface area contributed by atoms with E-state index in [9.17, 15) is 21.6 Å². The molecule has 0 aliphatic heterocycles. The van der Waals surface area contributed by atoms with Gasteiger partial charge in [-0.25, -0.2) is 8.42 Å². The minimum Gasteiger partial charge on any atom is -0.398 e. The summed E-state index contributed by atoms with van der Waals surface area (Å²) in [6, 6.07) is 1.74. The Morgan fingerprint density at radius 1 is 1.31 bits per heavy atom. The van der Waals surface area contributed by atoms with Gasteiger partial charge < -0.3 is 5.73 Å². The van der Waals surface area contributed by atoms with Crippen molar-refractivity contribution < 1.29 is 21.6 Å². The number of halogens is 5. The molecule has 16 heavy (non-hydrogen) atoms. The molecule has 0 aliphatic carbocycles. The Hall–Kier alpha value is -0.470. The van der Waals surface area contributed by atoms with Gasteiger partial charge in [-0.15, -0.1) is 0 Å². The highest BCUT2D eigenvalue weighted by atomic mass is 79.9. The summed E-state index contributed by atoms with van der Waals surface area (Å²) in [6.07, 6.45) is -4.76. The van der Waals surface area contributed by atoms with Crippen LogP contribution in [-0.4, -0.2) is 8.42 Å². The van der Waals surface area contributed by atoms with Gasteiger partial charge in [0.25, 0.3) is 9.05 Å². The summed E-state index contributed by atoms with van der Waals surface area (Å²) >= 11 is 2.54. The van der Waals surface area contributed by atoms with Gasteiger partial charge in [0.2, 0.25) is 0 Å². The van der Waals surface area contributed by atoms with Crippen molar-refractivity contribution in [1.82, 2.24) is 0 Å². The number of rotatable bonds is 1. The highest BCUT2D eigenvalue weighted by Crippen LogP contribution is 2.42. The van der Waals surface area contributed by atoms with E-state index in [1.807, 2.05) is 0 Å². The van der Waals surface area contributed by atoms with E-state index >= 15 is 0 Å². The predicted octanol–water partition coefficient (Wildman–Crippen LogP) is 2.98. The minimum atomic E-state index is -4.76. The Balaban J connectivity index is 3.65. The van der Waals surface area contributed by atoms with Crippen molar-refractivity contribution in [2.75, 3.05) is 5.73 Å². The lowest BCUT2D eigenvalue weighted by molar-refractivity contribution is -0.137. The Morgan fingerprint density at radius 3 is 2.19 bits per heavy atom. The van der Waals surface area contributed by atoms with E-state index < -0.39 is 35.8 Å². The lowest BCUT2D eigenvalue weighted by Crippen LogP contribution is -2.11. The molecule has 3 nitrogen and oxygen atoms in total. The topological polar surface area (TPSA) is 60.2 Å². The molecular weight excluding hydrogens is 334 g/mol. The molecule has 0 radical (unpaired) electrons. The van der Waals surface area contributed by atoms with E-state index in [1.165, 1.54) is 0 Å². The van der Waals surface area contributed by atoms with Gasteiger partial charge in [0.05, 0.1) is 14.9 Å². The predicted molar refractivity (Wildman–Crippen MR) is 56.6 cm³/mol. The van der Waals surface area contributed by atoms with Crippen LogP contribution in [-0.2, 0) is 15.2 Å². The quantitative estimate of drug-likeness (QED) is 0.632. The van der Waals surface area contributed by atoms with Crippen LogP contribution >= 0.6 is 26.6 Å². The first-order chi connectivity index (χ1) is 7.05. The third-order valence-corrected chi connectivity index (χ3v) is 4.14. The van der Waals surface area contributed by atoms with Crippen molar-refractivity contribution in [2.45, 2.75) is 11.1 Å². The minimum absolute atomic E-state index is 0.580. The first-order valence-electron chi connectivity index (χ1n) is 3.65. The summed E-state index contributed by atoms with van der Waals surface area (Å²) in [5.74, 6) is 0. The van der Waals surface area contributed by atoms with Crippen molar-refractivity contribution in [3.63, 3.8) is 0 Å². The Morgan fingerprint density at radius 2 is 1.81 bits per heavy atom. The Labute approximate surface area is 102 Å². The summed E-state index contributed by atoms with van der Waals surface area (Å²) in [6.45, 7) is 0. The number of benzene rings is 1. The van der Waals surface area contributed by atoms with Crippen LogP contribution in [0.15, 0.2) is 21.5 Å². The van der Waals surface area contributed by atoms with Gasteiger partial charge in [0.15, 0.2) is 0 Å². The van der Waals surface area contributed by atoms with Crippen LogP contribution in [0, 0.1) is 0 Å². The van der Waals surface area contributed by atoms with Gasteiger partial charge in [-0.3, -0.25) is 0 Å². The van der Waals surface area contributed by atoms with Crippen molar-refractivity contribution in [1.29, 1.82) is 0 Å².